The fourth-order valence-corrected chi connectivity index (χ4v) is 1.10. The summed E-state index contributed by atoms with van der Waals surface area (Å²) in [6, 6.07) is 7.14. The van der Waals surface area contributed by atoms with Crippen LogP contribution in [-0.2, 0) is 22.7 Å². The maximum atomic E-state index is 10.4. The molecule has 0 radical (unpaired) electrons. The molecule has 0 aliphatic rings. The highest BCUT2D eigenvalue weighted by atomic mass is 16.6. The fourth-order valence-electron chi connectivity index (χ4n) is 1.10. The summed E-state index contributed by atoms with van der Waals surface area (Å²) in [5.74, 6) is 4.05. The minimum Gasteiger partial charge on any atom is -0.481 e. The molecule has 70 valence electrons. The van der Waals surface area contributed by atoms with Gasteiger partial charge in [0, 0.05) is 0 Å². The van der Waals surface area contributed by atoms with Crippen molar-refractivity contribution >= 4 is 5.97 Å². The molecule has 4 heteroatoms. The van der Waals surface area contributed by atoms with Gasteiger partial charge in [0.25, 0.3) is 0 Å². The van der Waals surface area contributed by atoms with E-state index in [1.807, 2.05) is 6.07 Å². The van der Waals surface area contributed by atoms with Crippen LogP contribution in [0.3, 0.4) is 0 Å². The number of carboxylic acids is 1. The van der Waals surface area contributed by atoms with Crippen molar-refractivity contribution in [2.75, 3.05) is 0 Å². The van der Waals surface area contributed by atoms with Crippen LogP contribution in [0.1, 0.15) is 11.1 Å². The van der Waals surface area contributed by atoms with Gasteiger partial charge in [-0.05, 0) is 11.1 Å². The molecule has 0 aromatic heterocycles. The lowest BCUT2D eigenvalue weighted by Gasteiger charge is -2.01. The van der Waals surface area contributed by atoms with Gasteiger partial charge in [-0.3, -0.25) is 9.63 Å². The lowest BCUT2D eigenvalue weighted by atomic mass is 10.1. The Bertz CT molecular complexity index is 299. The zero-order valence-electron chi connectivity index (χ0n) is 7.06. The van der Waals surface area contributed by atoms with Crippen LogP contribution in [0.5, 0.6) is 0 Å². The second-order valence-corrected chi connectivity index (χ2v) is 2.70. The summed E-state index contributed by atoms with van der Waals surface area (Å²) < 4.78 is 0. The van der Waals surface area contributed by atoms with E-state index in [9.17, 15) is 4.79 Å². The van der Waals surface area contributed by atoms with Gasteiger partial charge < -0.3 is 5.11 Å². The van der Waals surface area contributed by atoms with Gasteiger partial charge in [0.05, 0.1) is 13.0 Å². The standard InChI is InChI=1S/C9H11NO3/c10-13-6-8-3-1-2-7(4-8)5-9(11)12/h1-4H,5-6,10H2,(H,11,12). The lowest BCUT2D eigenvalue weighted by molar-refractivity contribution is -0.136. The maximum absolute atomic E-state index is 10.4. The quantitative estimate of drug-likeness (QED) is 0.671. The van der Waals surface area contributed by atoms with Crippen molar-refractivity contribution in [3.63, 3.8) is 0 Å². The Morgan fingerprint density at radius 2 is 2.15 bits per heavy atom. The van der Waals surface area contributed by atoms with Gasteiger partial charge in [-0.2, -0.15) is 0 Å². The summed E-state index contributed by atoms with van der Waals surface area (Å²) in [5.41, 5.74) is 1.63. The first kappa shape index (κ1) is 9.70. The van der Waals surface area contributed by atoms with Crippen molar-refractivity contribution in [3.8, 4) is 0 Å². The Morgan fingerprint density at radius 1 is 1.46 bits per heavy atom. The topological polar surface area (TPSA) is 72.5 Å². The molecule has 0 aliphatic heterocycles. The molecule has 1 rings (SSSR count). The molecule has 4 nitrogen and oxygen atoms in total. The molecule has 0 spiro atoms. The maximum Gasteiger partial charge on any atom is 0.307 e. The van der Waals surface area contributed by atoms with E-state index >= 15 is 0 Å². The van der Waals surface area contributed by atoms with Gasteiger partial charge in [0.1, 0.15) is 0 Å². The fraction of sp³-hybridized carbons (Fsp3) is 0.222. The highest BCUT2D eigenvalue weighted by Gasteiger charge is 2.00. The number of rotatable bonds is 4. The molecular formula is C9H11NO3. The predicted octanol–water partition coefficient (Wildman–Crippen LogP) is 0.704. The molecule has 0 bridgehead atoms. The molecule has 0 saturated carbocycles. The number of hydrogen-bond acceptors (Lipinski definition) is 3. The Morgan fingerprint density at radius 3 is 2.77 bits per heavy atom. The first-order valence-corrected chi connectivity index (χ1v) is 3.83. The van der Waals surface area contributed by atoms with E-state index in [2.05, 4.69) is 4.84 Å². The molecule has 0 fully saturated rings. The normalized spacial score (nSPS) is 9.92. The van der Waals surface area contributed by atoms with Crippen molar-refractivity contribution in [3.05, 3.63) is 35.4 Å². The van der Waals surface area contributed by atoms with Crippen molar-refractivity contribution in [1.29, 1.82) is 0 Å². The van der Waals surface area contributed by atoms with E-state index < -0.39 is 5.97 Å². The van der Waals surface area contributed by atoms with Gasteiger partial charge in [0.15, 0.2) is 0 Å². The molecule has 3 N–H and O–H groups in total. The third-order valence-corrected chi connectivity index (χ3v) is 1.60. The SMILES string of the molecule is NOCc1cccc(CC(=O)O)c1. The Balaban J connectivity index is 2.73. The molecule has 0 aliphatic carbocycles. The second kappa shape index (κ2) is 4.59. The minimum atomic E-state index is -0.842. The largest absolute Gasteiger partial charge is 0.481 e. The molecule has 0 amide bonds. The van der Waals surface area contributed by atoms with Crippen molar-refractivity contribution in [1.82, 2.24) is 0 Å². The number of carboxylic acid groups (broad SMARTS) is 1. The Kier molecular flexibility index (Phi) is 3.42. The Labute approximate surface area is 75.9 Å². The molecule has 0 unspecified atom stereocenters. The van der Waals surface area contributed by atoms with Crippen LogP contribution >= 0.6 is 0 Å². The van der Waals surface area contributed by atoms with Gasteiger partial charge in [-0.25, -0.2) is 5.90 Å². The summed E-state index contributed by atoms with van der Waals surface area (Å²) in [4.78, 5) is 14.8. The van der Waals surface area contributed by atoms with Gasteiger partial charge >= 0.3 is 5.97 Å². The van der Waals surface area contributed by atoms with Crippen molar-refractivity contribution < 1.29 is 14.7 Å². The molecule has 0 atom stereocenters. The predicted molar refractivity (Wildman–Crippen MR) is 46.8 cm³/mol. The van der Waals surface area contributed by atoms with Gasteiger partial charge in [-0.1, -0.05) is 24.3 Å². The number of aliphatic carboxylic acids is 1. The third-order valence-electron chi connectivity index (χ3n) is 1.60. The zero-order chi connectivity index (χ0) is 9.68. The van der Waals surface area contributed by atoms with Gasteiger partial charge in [0.2, 0.25) is 0 Å². The van der Waals surface area contributed by atoms with Crippen LogP contribution in [-0.4, -0.2) is 11.1 Å². The van der Waals surface area contributed by atoms with Crippen LogP contribution in [0.4, 0.5) is 0 Å². The average molecular weight is 181 g/mol. The molecule has 1 aromatic carbocycles. The van der Waals surface area contributed by atoms with Crippen molar-refractivity contribution in [2.45, 2.75) is 13.0 Å². The van der Waals surface area contributed by atoms with E-state index in [0.717, 1.165) is 11.1 Å². The zero-order valence-corrected chi connectivity index (χ0v) is 7.06. The third kappa shape index (κ3) is 3.23. The highest BCUT2D eigenvalue weighted by molar-refractivity contribution is 5.70. The highest BCUT2D eigenvalue weighted by Crippen LogP contribution is 2.06. The monoisotopic (exact) mass is 181 g/mol. The molecule has 13 heavy (non-hydrogen) atoms. The van der Waals surface area contributed by atoms with E-state index in [0.29, 0.717) is 6.61 Å². The summed E-state index contributed by atoms with van der Waals surface area (Å²) in [6.45, 7) is 0.299. The second-order valence-electron chi connectivity index (χ2n) is 2.70. The molecule has 0 saturated heterocycles. The van der Waals surface area contributed by atoms with Crippen LogP contribution in [0.25, 0.3) is 0 Å². The average Bonchev–Trinajstić information content (AvgIpc) is 2.04. The Hall–Kier alpha value is -1.39. The number of benzene rings is 1. The van der Waals surface area contributed by atoms with Crippen LogP contribution in [0, 0.1) is 0 Å². The summed E-state index contributed by atoms with van der Waals surface area (Å²) in [5, 5.41) is 8.53. The van der Waals surface area contributed by atoms with E-state index in [4.69, 9.17) is 11.0 Å². The number of carbonyl (C=O) groups is 1. The first-order chi connectivity index (χ1) is 6.22. The summed E-state index contributed by atoms with van der Waals surface area (Å²) in [7, 11) is 0. The number of nitrogens with two attached hydrogens (primary N) is 1. The van der Waals surface area contributed by atoms with Crippen molar-refractivity contribution in [2.24, 2.45) is 5.90 Å². The minimum absolute atomic E-state index is 0.0262. The lowest BCUT2D eigenvalue weighted by Crippen LogP contribution is -2.02. The molecular weight excluding hydrogens is 170 g/mol. The smallest absolute Gasteiger partial charge is 0.307 e. The van der Waals surface area contributed by atoms with Crippen LogP contribution in [0.2, 0.25) is 0 Å². The molecule has 1 aromatic rings. The molecule has 0 heterocycles. The van der Waals surface area contributed by atoms with Gasteiger partial charge in [-0.15, -0.1) is 0 Å². The van der Waals surface area contributed by atoms with E-state index in [1.54, 1.807) is 18.2 Å². The first-order valence-electron chi connectivity index (χ1n) is 3.83. The number of hydrogen-bond donors (Lipinski definition) is 2. The van der Waals surface area contributed by atoms with E-state index in [-0.39, 0.29) is 6.42 Å². The van der Waals surface area contributed by atoms with E-state index in [1.165, 1.54) is 0 Å². The summed E-state index contributed by atoms with van der Waals surface area (Å²) in [6.07, 6.45) is 0.0262. The van der Waals surface area contributed by atoms with Crippen LogP contribution < -0.4 is 5.90 Å². The summed E-state index contributed by atoms with van der Waals surface area (Å²) >= 11 is 0. The van der Waals surface area contributed by atoms with Crippen LogP contribution in [0.15, 0.2) is 24.3 Å².